The van der Waals surface area contributed by atoms with Gasteiger partial charge in [-0.2, -0.15) is 0 Å². The third-order valence-corrected chi connectivity index (χ3v) is 5.71. The number of hydrogen-bond donors (Lipinski definition) is 1. The fraction of sp³-hybridized carbons (Fsp3) is 0.429. The van der Waals surface area contributed by atoms with E-state index < -0.39 is 0 Å². The van der Waals surface area contributed by atoms with Crippen LogP contribution in [-0.2, 0) is 0 Å². The Labute approximate surface area is 197 Å². The molecule has 4 rings (SSSR count). The number of nitrogens with zero attached hydrogens (tertiary/aromatic N) is 3. The maximum absolute atomic E-state index is 14.2. The first-order chi connectivity index (χ1) is 14.1. The van der Waals surface area contributed by atoms with E-state index in [2.05, 4.69) is 15.2 Å². The highest BCUT2D eigenvalue weighted by Crippen LogP contribution is 2.45. The van der Waals surface area contributed by atoms with Crippen LogP contribution in [0.4, 0.5) is 4.39 Å². The molecule has 2 unspecified atom stereocenters. The van der Waals surface area contributed by atoms with Gasteiger partial charge in [0.05, 0.1) is 6.26 Å². The first-order valence-corrected chi connectivity index (χ1v) is 10.3. The van der Waals surface area contributed by atoms with E-state index in [9.17, 15) is 9.18 Å². The number of guanidine groups is 1. The summed E-state index contributed by atoms with van der Waals surface area (Å²) in [6, 6.07) is 8.31. The van der Waals surface area contributed by atoms with Crippen molar-refractivity contribution in [3.8, 4) is 0 Å². The number of rotatable bonds is 4. The average molecular weight is 547 g/mol. The van der Waals surface area contributed by atoms with E-state index in [1.807, 2.05) is 6.92 Å². The Morgan fingerprint density at radius 3 is 2.60 bits per heavy atom. The third kappa shape index (κ3) is 4.91. The fourth-order valence-corrected chi connectivity index (χ4v) is 4.07. The van der Waals surface area contributed by atoms with Crippen molar-refractivity contribution in [2.45, 2.75) is 25.3 Å². The van der Waals surface area contributed by atoms with E-state index in [0.29, 0.717) is 49.1 Å². The second kappa shape index (κ2) is 10.00. The molecule has 2 aliphatic rings. The molecule has 2 aromatic rings. The van der Waals surface area contributed by atoms with Crippen LogP contribution in [0, 0.1) is 5.82 Å². The van der Waals surface area contributed by atoms with Gasteiger partial charge in [0.25, 0.3) is 5.91 Å². The van der Waals surface area contributed by atoms with Gasteiger partial charge in [0.15, 0.2) is 11.7 Å². The lowest BCUT2D eigenvalue weighted by atomic mass is 10.1. The van der Waals surface area contributed by atoms with Gasteiger partial charge in [0.2, 0.25) is 0 Å². The van der Waals surface area contributed by atoms with Crippen molar-refractivity contribution in [1.29, 1.82) is 0 Å². The maximum atomic E-state index is 14.2. The maximum Gasteiger partial charge on any atom is 0.289 e. The number of carbonyl (C=O) groups excluding carboxylic acids is 1. The molecule has 2 atom stereocenters. The number of piperazine rings is 1. The summed E-state index contributed by atoms with van der Waals surface area (Å²) < 4.78 is 19.4. The minimum atomic E-state index is -0.258. The molecule has 1 aliphatic heterocycles. The number of aliphatic imine (C=N–C) groups is 1. The summed E-state index contributed by atoms with van der Waals surface area (Å²) in [7, 11) is 0. The molecule has 2 fully saturated rings. The molecule has 1 aliphatic carbocycles. The van der Waals surface area contributed by atoms with Crippen LogP contribution in [0.3, 0.4) is 0 Å². The molecule has 1 N–H and O–H groups in total. The molecule has 1 aromatic heterocycles. The second-order valence-electron chi connectivity index (χ2n) is 7.28. The summed E-state index contributed by atoms with van der Waals surface area (Å²) in [5.41, 5.74) is 0.580. The summed E-state index contributed by atoms with van der Waals surface area (Å²) >= 11 is 6.21. The van der Waals surface area contributed by atoms with Crippen LogP contribution in [0.2, 0.25) is 5.02 Å². The minimum Gasteiger partial charge on any atom is -0.459 e. The molecule has 6 nitrogen and oxygen atoms in total. The summed E-state index contributed by atoms with van der Waals surface area (Å²) in [5, 5.41) is 3.94. The number of nitrogens with one attached hydrogen (secondary N) is 1. The van der Waals surface area contributed by atoms with Gasteiger partial charge >= 0.3 is 0 Å². The lowest BCUT2D eigenvalue weighted by molar-refractivity contribution is 0.0657. The highest BCUT2D eigenvalue weighted by molar-refractivity contribution is 14.0. The molecule has 0 radical (unpaired) electrons. The average Bonchev–Trinajstić information content (AvgIpc) is 3.24. The number of halogens is 3. The Balaban J connectivity index is 0.00000256. The van der Waals surface area contributed by atoms with Crippen molar-refractivity contribution in [3.05, 3.63) is 58.8 Å². The highest BCUT2D eigenvalue weighted by atomic mass is 127. The third-order valence-electron chi connectivity index (χ3n) is 5.38. The fourth-order valence-electron chi connectivity index (χ4n) is 3.77. The van der Waals surface area contributed by atoms with Crippen molar-refractivity contribution in [2.24, 2.45) is 4.99 Å². The van der Waals surface area contributed by atoms with Crippen LogP contribution < -0.4 is 5.32 Å². The Kier molecular flexibility index (Phi) is 7.62. The van der Waals surface area contributed by atoms with Crippen LogP contribution in [0.5, 0.6) is 0 Å². The van der Waals surface area contributed by atoms with Crippen molar-refractivity contribution in [3.63, 3.8) is 0 Å². The van der Waals surface area contributed by atoms with E-state index in [0.717, 1.165) is 12.4 Å². The lowest BCUT2D eigenvalue weighted by Crippen LogP contribution is -2.54. The Hall–Kier alpha value is -1.81. The van der Waals surface area contributed by atoms with Gasteiger partial charge in [0.1, 0.15) is 5.82 Å². The minimum absolute atomic E-state index is 0. The molecule has 0 spiro atoms. The predicted molar refractivity (Wildman–Crippen MR) is 125 cm³/mol. The van der Waals surface area contributed by atoms with E-state index in [4.69, 9.17) is 16.0 Å². The summed E-state index contributed by atoms with van der Waals surface area (Å²) in [5.74, 6) is 0.866. The molecule has 1 saturated carbocycles. The molecule has 30 heavy (non-hydrogen) atoms. The molecule has 1 aromatic carbocycles. The van der Waals surface area contributed by atoms with Crippen LogP contribution in [0.25, 0.3) is 0 Å². The molecule has 2 heterocycles. The first-order valence-electron chi connectivity index (χ1n) is 9.91. The molecule has 1 amide bonds. The topological polar surface area (TPSA) is 61.1 Å². The number of carbonyl (C=O) groups is 1. The number of amides is 1. The monoisotopic (exact) mass is 546 g/mol. The van der Waals surface area contributed by atoms with Gasteiger partial charge in [0, 0.05) is 55.3 Å². The SMILES string of the molecule is CCN=C(NC1CC1c1c(F)cccc1Cl)N1CCN(C(=O)c2ccco2)CC1.I. The van der Waals surface area contributed by atoms with Gasteiger partial charge in [-0.1, -0.05) is 17.7 Å². The predicted octanol–water partition coefficient (Wildman–Crippen LogP) is 3.97. The zero-order valence-electron chi connectivity index (χ0n) is 16.7. The van der Waals surface area contributed by atoms with Crippen molar-refractivity contribution >= 4 is 47.4 Å². The van der Waals surface area contributed by atoms with Crippen molar-refractivity contribution in [1.82, 2.24) is 15.1 Å². The zero-order valence-corrected chi connectivity index (χ0v) is 19.8. The summed E-state index contributed by atoms with van der Waals surface area (Å²) in [6.07, 6.45) is 2.33. The molecule has 0 bridgehead atoms. The highest BCUT2D eigenvalue weighted by Gasteiger charge is 2.42. The second-order valence-corrected chi connectivity index (χ2v) is 7.69. The molecule has 1 saturated heterocycles. The standard InChI is InChI=1S/C21H24ClFN4O2.HI/c1-2-24-21(25-17-13-14(17)19-15(22)5-3-6-16(19)23)27-10-8-26(9-11-27)20(28)18-7-4-12-29-18;/h3-7,12,14,17H,2,8-11,13H2,1H3,(H,24,25);1H. The van der Waals surface area contributed by atoms with E-state index in [1.54, 1.807) is 29.2 Å². The number of furan rings is 1. The first kappa shape index (κ1) is 22.9. The molecular formula is C21H25ClFIN4O2. The van der Waals surface area contributed by atoms with Gasteiger partial charge in [-0.15, -0.1) is 24.0 Å². The molecular weight excluding hydrogens is 522 g/mol. The Bertz CT molecular complexity index is 880. The summed E-state index contributed by atoms with van der Waals surface area (Å²) in [6.45, 7) is 5.17. The van der Waals surface area contributed by atoms with Crippen LogP contribution >= 0.6 is 35.6 Å². The Morgan fingerprint density at radius 2 is 1.97 bits per heavy atom. The lowest BCUT2D eigenvalue weighted by Gasteiger charge is -2.36. The van der Waals surface area contributed by atoms with E-state index in [1.165, 1.54) is 12.3 Å². The number of benzene rings is 1. The quantitative estimate of drug-likeness (QED) is 0.358. The van der Waals surface area contributed by atoms with Gasteiger partial charge in [-0.25, -0.2) is 4.39 Å². The largest absolute Gasteiger partial charge is 0.459 e. The van der Waals surface area contributed by atoms with E-state index in [-0.39, 0.29) is 47.7 Å². The van der Waals surface area contributed by atoms with Crippen molar-refractivity contribution in [2.75, 3.05) is 32.7 Å². The zero-order chi connectivity index (χ0) is 20.4. The molecule has 9 heteroatoms. The van der Waals surface area contributed by atoms with E-state index >= 15 is 0 Å². The van der Waals surface area contributed by atoms with Gasteiger partial charge in [-0.3, -0.25) is 9.79 Å². The normalized spacial score (nSPS) is 21.2. The van der Waals surface area contributed by atoms with Gasteiger partial charge < -0.3 is 19.5 Å². The van der Waals surface area contributed by atoms with Crippen LogP contribution in [-0.4, -0.2) is 60.4 Å². The van der Waals surface area contributed by atoms with Crippen LogP contribution in [0.15, 0.2) is 46.0 Å². The smallest absolute Gasteiger partial charge is 0.289 e. The van der Waals surface area contributed by atoms with Crippen LogP contribution in [0.1, 0.15) is 35.4 Å². The molecule has 162 valence electrons. The Morgan fingerprint density at radius 1 is 1.23 bits per heavy atom. The summed E-state index contributed by atoms with van der Waals surface area (Å²) in [4.78, 5) is 21.0. The van der Waals surface area contributed by atoms with Crippen molar-refractivity contribution < 1.29 is 13.6 Å². The number of hydrogen-bond acceptors (Lipinski definition) is 3. The van der Waals surface area contributed by atoms with Gasteiger partial charge in [-0.05, 0) is 37.6 Å².